The van der Waals surface area contributed by atoms with Crippen molar-refractivity contribution in [3.05, 3.63) is 29.3 Å². The third kappa shape index (κ3) is 4.52. The molecule has 1 aromatic carbocycles. The van der Waals surface area contributed by atoms with E-state index in [0.29, 0.717) is 5.02 Å². The maximum atomic E-state index is 11.7. The molecule has 0 aliphatic heterocycles. The van der Waals surface area contributed by atoms with E-state index >= 15 is 0 Å². The number of carbonyl (C=O) groups is 1. The Morgan fingerprint density at radius 3 is 2.28 bits per heavy atom. The number of rotatable bonds is 4. The van der Waals surface area contributed by atoms with Crippen LogP contribution in [0.25, 0.3) is 0 Å². The third-order valence-electron chi connectivity index (χ3n) is 1.84. The molecule has 0 saturated carbocycles. The Bertz CT molecular complexity index is 514. The first kappa shape index (κ1) is 14.7. The number of hydrazine groups is 1. The molecule has 0 atom stereocenters. The zero-order valence-corrected chi connectivity index (χ0v) is 11.5. The average molecular weight is 292 g/mol. The van der Waals surface area contributed by atoms with Crippen LogP contribution in [0.15, 0.2) is 29.2 Å². The normalized spacial score (nSPS) is 11.3. The van der Waals surface area contributed by atoms with Crippen LogP contribution in [0.5, 0.6) is 0 Å². The molecule has 0 spiro atoms. The lowest BCUT2D eigenvalue weighted by Gasteiger charge is -2.11. The van der Waals surface area contributed by atoms with Crippen LogP contribution in [-0.4, -0.2) is 20.5 Å². The molecule has 0 radical (unpaired) electrons. The predicted molar refractivity (Wildman–Crippen MR) is 68.6 cm³/mol. The van der Waals surface area contributed by atoms with Crippen molar-refractivity contribution in [2.45, 2.75) is 24.8 Å². The Balaban J connectivity index is 2.66. The number of hydrogen-bond acceptors (Lipinski definition) is 3. The minimum Gasteiger partial charge on any atom is -0.335 e. The van der Waals surface area contributed by atoms with E-state index in [0.717, 1.165) is 0 Å². The second kappa shape index (κ2) is 6.03. The van der Waals surface area contributed by atoms with Crippen molar-refractivity contribution in [3.63, 3.8) is 0 Å². The summed E-state index contributed by atoms with van der Waals surface area (Å²) in [6.45, 7) is 3.51. The molecule has 1 rings (SSSR count). The van der Waals surface area contributed by atoms with Crippen LogP contribution in [0.4, 0.5) is 4.79 Å². The Morgan fingerprint density at radius 1 is 1.22 bits per heavy atom. The first-order valence-electron chi connectivity index (χ1n) is 5.15. The zero-order valence-electron chi connectivity index (χ0n) is 9.90. The molecule has 0 fully saturated rings. The molecule has 8 heteroatoms. The van der Waals surface area contributed by atoms with Gasteiger partial charge >= 0.3 is 6.03 Å². The van der Waals surface area contributed by atoms with Gasteiger partial charge in [-0.2, -0.15) is 0 Å². The molecule has 1 aromatic rings. The van der Waals surface area contributed by atoms with Crippen molar-refractivity contribution < 1.29 is 13.2 Å². The molecule has 0 saturated heterocycles. The van der Waals surface area contributed by atoms with Crippen molar-refractivity contribution in [1.29, 1.82) is 0 Å². The second-order valence-electron chi connectivity index (χ2n) is 3.81. The van der Waals surface area contributed by atoms with Crippen LogP contribution in [0, 0.1) is 0 Å². The fourth-order valence-corrected chi connectivity index (χ4v) is 2.05. The molecule has 0 aromatic heterocycles. The van der Waals surface area contributed by atoms with Crippen LogP contribution < -0.4 is 15.6 Å². The third-order valence-corrected chi connectivity index (χ3v) is 3.36. The molecule has 0 unspecified atom stereocenters. The lowest BCUT2D eigenvalue weighted by atomic mass is 10.4. The van der Waals surface area contributed by atoms with Gasteiger partial charge in [-0.15, -0.1) is 4.83 Å². The number of benzene rings is 1. The molecule has 0 aliphatic rings. The Morgan fingerprint density at radius 2 is 1.78 bits per heavy atom. The standard InChI is InChI=1S/C10H14ClN3O3S/c1-7(2)12-10(15)13-14-18(16,17)9-5-3-8(11)4-6-9/h3-7,14H,1-2H3,(H2,12,13,15). The molecule has 0 heterocycles. The van der Waals surface area contributed by atoms with Crippen LogP contribution >= 0.6 is 11.6 Å². The first-order valence-corrected chi connectivity index (χ1v) is 7.01. The molecule has 3 N–H and O–H groups in total. The summed E-state index contributed by atoms with van der Waals surface area (Å²) in [6.07, 6.45) is 0. The van der Waals surface area contributed by atoms with E-state index in [-0.39, 0.29) is 10.9 Å². The fourth-order valence-electron chi connectivity index (χ4n) is 1.08. The van der Waals surface area contributed by atoms with Gasteiger partial charge in [0.2, 0.25) is 0 Å². The van der Waals surface area contributed by atoms with Gasteiger partial charge in [0.25, 0.3) is 10.0 Å². The Hall–Kier alpha value is -1.31. The predicted octanol–water partition coefficient (Wildman–Crippen LogP) is 1.24. The second-order valence-corrected chi connectivity index (χ2v) is 5.93. The van der Waals surface area contributed by atoms with Gasteiger partial charge in [-0.1, -0.05) is 11.6 Å². The van der Waals surface area contributed by atoms with E-state index in [4.69, 9.17) is 11.6 Å². The Kier molecular flexibility index (Phi) is 4.94. The first-order chi connectivity index (χ1) is 8.31. The summed E-state index contributed by atoms with van der Waals surface area (Å²) < 4.78 is 23.5. The summed E-state index contributed by atoms with van der Waals surface area (Å²) in [4.78, 5) is 13.2. The Labute approximate surface area is 111 Å². The van der Waals surface area contributed by atoms with Gasteiger partial charge in [0.15, 0.2) is 0 Å². The lowest BCUT2D eigenvalue weighted by molar-refractivity contribution is 0.237. The molecular weight excluding hydrogens is 278 g/mol. The van der Waals surface area contributed by atoms with Gasteiger partial charge in [-0.05, 0) is 38.1 Å². The molecule has 18 heavy (non-hydrogen) atoms. The number of amides is 2. The van der Waals surface area contributed by atoms with E-state index in [2.05, 4.69) is 5.32 Å². The molecular formula is C10H14ClN3O3S. The lowest BCUT2D eigenvalue weighted by Crippen LogP contribution is -2.48. The number of halogens is 1. The monoisotopic (exact) mass is 291 g/mol. The number of sulfonamides is 1. The highest BCUT2D eigenvalue weighted by Crippen LogP contribution is 2.13. The highest BCUT2D eigenvalue weighted by atomic mass is 35.5. The average Bonchev–Trinajstić information content (AvgIpc) is 2.26. The summed E-state index contributed by atoms with van der Waals surface area (Å²) in [5, 5.41) is 2.91. The van der Waals surface area contributed by atoms with Crippen LogP contribution in [-0.2, 0) is 10.0 Å². The minimum atomic E-state index is -3.79. The van der Waals surface area contributed by atoms with Crippen LogP contribution in [0.1, 0.15) is 13.8 Å². The number of carbonyl (C=O) groups excluding carboxylic acids is 1. The number of urea groups is 1. The van der Waals surface area contributed by atoms with E-state index in [1.807, 2.05) is 10.3 Å². The summed E-state index contributed by atoms with van der Waals surface area (Å²) in [6, 6.07) is 4.86. The summed E-state index contributed by atoms with van der Waals surface area (Å²) in [7, 11) is -3.79. The highest BCUT2D eigenvalue weighted by Gasteiger charge is 2.14. The van der Waals surface area contributed by atoms with E-state index in [1.165, 1.54) is 24.3 Å². The summed E-state index contributed by atoms with van der Waals surface area (Å²) in [5.41, 5.74) is 2.05. The van der Waals surface area contributed by atoms with Crippen molar-refractivity contribution in [2.24, 2.45) is 0 Å². The van der Waals surface area contributed by atoms with Crippen LogP contribution in [0.3, 0.4) is 0 Å². The SMILES string of the molecule is CC(C)NC(=O)NNS(=O)(=O)c1ccc(Cl)cc1. The summed E-state index contributed by atoms with van der Waals surface area (Å²) in [5.74, 6) is 0. The smallest absolute Gasteiger partial charge is 0.330 e. The van der Waals surface area contributed by atoms with Gasteiger partial charge in [-0.25, -0.2) is 13.2 Å². The van der Waals surface area contributed by atoms with E-state index in [1.54, 1.807) is 13.8 Å². The van der Waals surface area contributed by atoms with Crippen molar-refractivity contribution >= 4 is 27.7 Å². The maximum absolute atomic E-state index is 11.7. The maximum Gasteiger partial charge on any atom is 0.330 e. The highest BCUT2D eigenvalue weighted by molar-refractivity contribution is 7.89. The van der Waals surface area contributed by atoms with Gasteiger partial charge in [0.1, 0.15) is 0 Å². The van der Waals surface area contributed by atoms with Gasteiger partial charge < -0.3 is 5.32 Å². The number of nitrogens with one attached hydrogen (secondary N) is 3. The molecule has 2 amide bonds. The van der Waals surface area contributed by atoms with Crippen molar-refractivity contribution in [3.8, 4) is 0 Å². The van der Waals surface area contributed by atoms with Gasteiger partial charge in [-0.3, -0.25) is 5.43 Å². The quantitative estimate of drug-likeness (QED) is 0.729. The number of hydrogen-bond donors (Lipinski definition) is 3. The fraction of sp³-hybridized carbons (Fsp3) is 0.300. The minimum absolute atomic E-state index is 0.0109. The molecule has 0 aliphatic carbocycles. The molecule has 6 nitrogen and oxygen atoms in total. The molecule has 0 bridgehead atoms. The molecule has 100 valence electrons. The van der Waals surface area contributed by atoms with E-state index < -0.39 is 16.1 Å². The van der Waals surface area contributed by atoms with Crippen molar-refractivity contribution in [1.82, 2.24) is 15.6 Å². The van der Waals surface area contributed by atoms with Crippen LogP contribution in [0.2, 0.25) is 5.02 Å². The van der Waals surface area contributed by atoms with Crippen molar-refractivity contribution in [2.75, 3.05) is 0 Å². The topological polar surface area (TPSA) is 87.3 Å². The van der Waals surface area contributed by atoms with E-state index in [9.17, 15) is 13.2 Å². The van der Waals surface area contributed by atoms with Gasteiger partial charge in [0, 0.05) is 11.1 Å². The van der Waals surface area contributed by atoms with Gasteiger partial charge in [0.05, 0.1) is 4.90 Å². The summed E-state index contributed by atoms with van der Waals surface area (Å²) >= 11 is 5.65. The largest absolute Gasteiger partial charge is 0.335 e. The zero-order chi connectivity index (χ0) is 13.8.